The van der Waals surface area contributed by atoms with Crippen molar-refractivity contribution in [1.29, 1.82) is 0 Å². The van der Waals surface area contributed by atoms with Gasteiger partial charge in [-0.25, -0.2) is 9.78 Å². The van der Waals surface area contributed by atoms with Crippen LogP contribution >= 0.6 is 0 Å². The molecule has 2 aromatic heterocycles. The van der Waals surface area contributed by atoms with E-state index in [1.807, 2.05) is 12.1 Å². The Morgan fingerprint density at radius 1 is 1.19 bits per heavy atom. The van der Waals surface area contributed by atoms with Crippen molar-refractivity contribution in [1.82, 2.24) is 14.9 Å². The van der Waals surface area contributed by atoms with Crippen LogP contribution in [0.3, 0.4) is 0 Å². The number of amides is 3. The van der Waals surface area contributed by atoms with Crippen molar-refractivity contribution >= 4 is 17.8 Å². The zero-order valence-corrected chi connectivity index (χ0v) is 14.9. The summed E-state index contributed by atoms with van der Waals surface area (Å²) in [6, 6.07) is 3.58. The second-order valence-electron chi connectivity index (χ2n) is 6.75. The highest BCUT2D eigenvalue weighted by Gasteiger charge is 2.23. The third kappa shape index (κ3) is 3.61. The normalized spacial score (nSPS) is 17.0. The van der Waals surface area contributed by atoms with E-state index in [0.29, 0.717) is 32.1 Å². The first kappa shape index (κ1) is 17.4. The number of urea groups is 1. The standard InChI is InChI=1S/C19H21N5O3/c20-19(26)24-3-1-2-14-7-16(10-22-18(14)24)15-6-13(8-21-9-15)11-23-4-5-27-12-17(23)25/h6-10H,1-5,11-12H2,(H2,20,26). The average Bonchev–Trinajstić information content (AvgIpc) is 2.69. The van der Waals surface area contributed by atoms with Crippen LogP contribution < -0.4 is 10.6 Å². The van der Waals surface area contributed by atoms with Gasteiger partial charge in [0.15, 0.2) is 0 Å². The van der Waals surface area contributed by atoms with Crippen LogP contribution in [0.4, 0.5) is 10.6 Å². The molecule has 2 aliphatic heterocycles. The molecule has 0 spiro atoms. The minimum atomic E-state index is -0.477. The van der Waals surface area contributed by atoms with E-state index in [9.17, 15) is 9.59 Å². The number of ether oxygens (including phenoxy) is 1. The van der Waals surface area contributed by atoms with Crippen LogP contribution in [0.5, 0.6) is 0 Å². The molecule has 0 aliphatic carbocycles. The highest BCUT2D eigenvalue weighted by Crippen LogP contribution is 2.29. The number of fused-ring (bicyclic) bond motifs is 1. The summed E-state index contributed by atoms with van der Waals surface area (Å²) >= 11 is 0. The van der Waals surface area contributed by atoms with Gasteiger partial charge >= 0.3 is 6.03 Å². The minimum Gasteiger partial charge on any atom is -0.370 e. The number of hydrogen-bond acceptors (Lipinski definition) is 5. The molecule has 0 radical (unpaired) electrons. The molecule has 1 saturated heterocycles. The van der Waals surface area contributed by atoms with Gasteiger partial charge in [0.25, 0.3) is 0 Å². The number of nitrogens with zero attached hydrogens (tertiary/aromatic N) is 4. The van der Waals surface area contributed by atoms with Gasteiger partial charge in [-0.1, -0.05) is 0 Å². The minimum absolute atomic E-state index is 0.00589. The molecule has 4 heterocycles. The lowest BCUT2D eigenvalue weighted by Gasteiger charge is -2.27. The van der Waals surface area contributed by atoms with Gasteiger partial charge in [0.05, 0.1) is 6.61 Å². The highest BCUT2D eigenvalue weighted by atomic mass is 16.5. The number of rotatable bonds is 3. The summed E-state index contributed by atoms with van der Waals surface area (Å²) in [5.74, 6) is 0.633. The van der Waals surface area contributed by atoms with Gasteiger partial charge in [-0.05, 0) is 36.1 Å². The molecule has 8 nitrogen and oxygen atoms in total. The maximum Gasteiger partial charge on any atom is 0.320 e. The van der Waals surface area contributed by atoms with Gasteiger partial charge in [0.1, 0.15) is 12.4 Å². The van der Waals surface area contributed by atoms with Crippen molar-refractivity contribution < 1.29 is 14.3 Å². The Hall–Kier alpha value is -3.00. The molecule has 1 fully saturated rings. The van der Waals surface area contributed by atoms with E-state index in [2.05, 4.69) is 9.97 Å². The second kappa shape index (κ2) is 7.32. The molecule has 8 heteroatoms. The van der Waals surface area contributed by atoms with Crippen LogP contribution in [-0.2, 0) is 22.5 Å². The number of aryl methyl sites for hydroxylation is 1. The first-order valence-corrected chi connectivity index (χ1v) is 8.97. The van der Waals surface area contributed by atoms with E-state index in [1.165, 1.54) is 4.90 Å². The summed E-state index contributed by atoms with van der Waals surface area (Å²) in [6.07, 6.45) is 7.00. The number of carbonyl (C=O) groups excluding carboxylic acids is 2. The van der Waals surface area contributed by atoms with Crippen LogP contribution in [-0.4, -0.2) is 53.1 Å². The Labute approximate surface area is 156 Å². The maximum absolute atomic E-state index is 11.9. The van der Waals surface area contributed by atoms with Crippen molar-refractivity contribution in [3.63, 3.8) is 0 Å². The molecular formula is C19H21N5O3. The Kier molecular flexibility index (Phi) is 4.72. The average molecular weight is 367 g/mol. The van der Waals surface area contributed by atoms with E-state index >= 15 is 0 Å². The summed E-state index contributed by atoms with van der Waals surface area (Å²) < 4.78 is 5.17. The van der Waals surface area contributed by atoms with E-state index in [0.717, 1.165) is 35.1 Å². The van der Waals surface area contributed by atoms with Crippen LogP contribution in [0.2, 0.25) is 0 Å². The fourth-order valence-electron chi connectivity index (χ4n) is 3.51. The monoisotopic (exact) mass is 367 g/mol. The Bertz CT molecular complexity index is 885. The summed E-state index contributed by atoms with van der Waals surface area (Å²) in [7, 11) is 0. The van der Waals surface area contributed by atoms with Gasteiger partial charge in [0, 0.05) is 49.4 Å². The predicted octanol–water partition coefficient (Wildman–Crippen LogP) is 1.33. The largest absolute Gasteiger partial charge is 0.370 e. The molecule has 0 atom stereocenters. The molecule has 0 bridgehead atoms. The van der Waals surface area contributed by atoms with E-state index in [1.54, 1.807) is 23.5 Å². The third-order valence-electron chi connectivity index (χ3n) is 4.88. The fourth-order valence-corrected chi connectivity index (χ4v) is 3.51. The van der Waals surface area contributed by atoms with Gasteiger partial charge in [-0.3, -0.25) is 14.7 Å². The Balaban J connectivity index is 1.59. The Morgan fingerprint density at radius 2 is 2.04 bits per heavy atom. The lowest BCUT2D eigenvalue weighted by Crippen LogP contribution is -2.40. The molecule has 3 amide bonds. The Morgan fingerprint density at radius 3 is 2.85 bits per heavy atom. The SMILES string of the molecule is NC(=O)N1CCCc2cc(-c3cncc(CN4CCOCC4=O)c3)cnc21. The van der Waals surface area contributed by atoms with Gasteiger partial charge in [0.2, 0.25) is 5.91 Å². The number of nitrogens with two attached hydrogens (primary N) is 1. The van der Waals surface area contributed by atoms with Crippen LogP contribution in [0.25, 0.3) is 11.1 Å². The first-order chi connectivity index (χ1) is 13.1. The van der Waals surface area contributed by atoms with Gasteiger partial charge in [-0.2, -0.15) is 0 Å². The van der Waals surface area contributed by atoms with E-state index < -0.39 is 6.03 Å². The second-order valence-corrected chi connectivity index (χ2v) is 6.75. The quantitative estimate of drug-likeness (QED) is 0.882. The van der Waals surface area contributed by atoms with Crippen LogP contribution in [0.1, 0.15) is 17.5 Å². The van der Waals surface area contributed by atoms with Crippen molar-refractivity contribution in [3.8, 4) is 11.1 Å². The first-order valence-electron chi connectivity index (χ1n) is 8.97. The van der Waals surface area contributed by atoms with Crippen molar-refractivity contribution in [2.45, 2.75) is 19.4 Å². The number of pyridine rings is 2. The van der Waals surface area contributed by atoms with E-state index in [-0.39, 0.29) is 12.5 Å². The number of primary amides is 1. The van der Waals surface area contributed by atoms with Crippen molar-refractivity contribution in [2.75, 3.05) is 31.2 Å². The van der Waals surface area contributed by atoms with Crippen molar-refractivity contribution in [3.05, 3.63) is 41.9 Å². The lowest BCUT2D eigenvalue weighted by atomic mass is 10.0. The molecule has 2 N–H and O–H groups in total. The molecule has 0 unspecified atom stereocenters. The summed E-state index contributed by atoms with van der Waals surface area (Å²) in [5.41, 5.74) is 9.27. The number of anilines is 1. The molecule has 2 aromatic rings. The van der Waals surface area contributed by atoms with Crippen LogP contribution in [0, 0.1) is 0 Å². The molecule has 2 aliphatic rings. The third-order valence-corrected chi connectivity index (χ3v) is 4.88. The highest BCUT2D eigenvalue weighted by molar-refractivity contribution is 5.91. The maximum atomic E-state index is 11.9. The summed E-state index contributed by atoms with van der Waals surface area (Å²) in [5, 5.41) is 0. The predicted molar refractivity (Wildman–Crippen MR) is 99.0 cm³/mol. The molecule has 4 rings (SSSR count). The number of morpholine rings is 1. The van der Waals surface area contributed by atoms with Crippen molar-refractivity contribution in [2.24, 2.45) is 5.73 Å². The van der Waals surface area contributed by atoms with Crippen LogP contribution in [0.15, 0.2) is 30.7 Å². The lowest BCUT2D eigenvalue weighted by molar-refractivity contribution is -0.143. The van der Waals surface area contributed by atoms with Gasteiger partial charge < -0.3 is 15.4 Å². The molecule has 27 heavy (non-hydrogen) atoms. The topological polar surface area (TPSA) is 102 Å². The molecular weight excluding hydrogens is 346 g/mol. The fraction of sp³-hybridized carbons (Fsp3) is 0.368. The number of hydrogen-bond donors (Lipinski definition) is 1. The summed E-state index contributed by atoms with van der Waals surface area (Å²) in [4.78, 5) is 35.6. The number of carbonyl (C=O) groups is 2. The molecule has 0 saturated carbocycles. The van der Waals surface area contributed by atoms with Gasteiger partial charge in [-0.15, -0.1) is 0 Å². The molecule has 0 aromatic carbocycles. The molecule has 140 valence electrons. The summed E-state index contributed by atoms with van der Waals surface area (Å²) in [6.45, 7) is 2.39. The zero-order chi connectivity index (χ0) is 18.8. The zero-order valence-electron chi connectivity index (χ0n) is 14.9. The number of aromatic nitrogens is 2. The smallest absolute Gasteiger partial charge is 0.320 e. The van der Waals surface area contributed by atoms with E-state index in [4.69, 9.17) is 10.5 Å².